The van der Waals surface area contributed by atoms with Crippen molar-refractivity contribution < 1.29 is 24.6 Å². The van der Waals surface area contributed by atoms with E-state index >= 15 is 0 Å². The molecule has 7 heteroatoms. The van der Waals surface area contributed by atoms with Gasteiger partial charge in [-0.2, -0.15) is 0 Å². The zero-order chi connectivity index (χ0) is 15.6. The molecular formula is C14H16N2O5. The van der Waals surface area contributed by atoms with Crippen molar-refractivity contribution in [1.82, 2.24) is 4.90 Å². The van der Waals surface area contributed by atoms with Crippen molar-refractivity contribution >= 4 is 23.9 Å². The van der Waals surface area contributed by atoms with Crippen LogP contribution in [0.2, 0.25) is 0 Å². The van der Waals surface area contributed by atoms with Gasteiger partial charge in [0.2, 0.25) is 0 Å². The molecule has 112 valence electrons. The first-order valence-electron chi connectivity index (χ1n) is 6.52. The van der Waals surface area contributed by atoms with Crippen molar-refractivity contribution in [2.75, 3.05) is 5.73 Å². The number of rotatable bonds is 6. The number of phenols is 1. The molecule has 2 rings (SSSR count). The summed E-state index contributed by atoms with van der Waals surface area (Å²) in [4.78, 5) is 35.2. The molecule has 0 bridgehead atoms. The number of nitrogen functional groups attached to an aromatic ring is 1. The summed E-state index contributed by atoms with van der Waals surface area (Å²) < 4.78 is 0. The number of hydrogen-bond acceptors (Lipinski definition) is 5. The van der Waals surface area contributed by atoms with Crippen LogP contribution in [0.3, 0.4) is 0 Å². The van der Waals surface area contributed by atoms with Crippen LogP contribution in [0.1, 0.15) is 35.2 Å². The van der Waals surface area contributed by atoms with Crippen molar-refractivity contribution in [3.05, 3.63) is 23.3 Å². The Morgan fingerprint density at radius 1 is 1.48 bits per heavy atom. The fraction of sp³-hybridized carbons (Fsp3) is 0.357. The summed E-state index contributed by atoms with van der Waals surface area (Å²) in [5.41, 5.74) is 6.55. The Morgan fingerprint density at radius 3 is 2.81 bits per heavy atom. The van der Waals surface area contributed by atoms with Crippen molar-refractivity contribution in [3.8, 4) is 5.75 Å². The molecule has 0 spiro atoms. The fourth-order valence-corrected chi connectivity index (χ4v) is 2.51. The summed E-state index contributed by atoms with van der Waals surface area (Å²) in [6, 6.07) is 2.47. The van der Waals surface area contributed by atoms with Gasteiger partial charge in [-0.25, -0.2) is 0 Å². The number of fused-ring (bicyclic) bond motifs is 1. The highest BCUT2D eigenvalue weighted by Crippen LogP contribution is 2.36. The van der Waals surface area contributed by atoms with Gasteiger partial charge in [-0.15, -0.1) is 0 Å². The summed E-state index contributed by atoms with van der Waals surface area (Å²) in [7, 11) is 0. The molecule has 21 heavy (non-hydrogen) atoms. The number of aldehydes is 1. The quantitative estimate of drug-likeness (QED) is 0.404. The summed E-state index contributed by atoms with van der Waals surface area (Å²) in [6.07, 6.45) is 0.775. The Labute approximate surface area is 121 Å². The van der Waals surface area contributed by atoms with Crippen LogP contribution >= 0.6 is 0 Å². The average molecular weight is 292 g/mol. The number of aliphatic carboxylic acids is 1. The van der Waals surface area contributed by atoms with Gasteiger partial charge in [0.15, 0.2) is 0 Å². The first-order chi connectivity index (χ1) is 9.95. The summed E-state index contributed by atoms with van der Waals surface area (Å²) in [5.74, 6) is -1.44. The van der Waals surface area contributed by atoms with E-state index in [-0.39, 0.29) is 43.2 Å². The van der Waals surface area contributed by atoms with E-state index in [0.29, 0.717) is 17.4 Å². The van der Waals surface area contributed by atoms with Gasteiger partial charge in [-0.1, -0.05) is 0 Å². The SMILES string of the molecule is Nc1ccc2c(c1O)CN(C(CC=O)CCC(=O)O)C2=O. The first kappa shape index (κ1) is 14.8. The normalized spacial score (nSPS) is 14.9. The highest BCUT2D eigenvalue weighted by atomic mass is 16.4. The van der Waals surface area contributed by atoms with Gasteiger partial charge in [0, 0.05) is 30.0 Å². The van der Waals surface area contributed by atoms with Gasteiger partial charge in [0.1, 0.15) is 12.0 Å². The molecule has 1 aliphatic rings. The smallest absolute Gasteiger partial charge is 0.303 e. The van der Waals surface area contributed by atoms with Crippen LogP contribution in [0.15, 0.2) is 12.1 Å². The molecule has 1 heterocycles. The Balaban J connectivity index is 2.25. The standard InChI is InChI=1S/C14H16N2O5/c15-11-3-2-9-10(13(11)20)7-16(14(9)21)8(5-6-17)1-4-12(18)19/h2-3,6,8,20H,1,4-5,7,15H2,(H,18,19). The Morgan fingerprint density at radius 2 is 2.19 bits per heavy atom. The van der Waals surface area contributed by atoms with Crippen LogP contribution in [0.5, 0.6) is 5.75 Å². The third kappa shape index (κ3) is 2.81. The molecule has 0 radical (unpaired) electrons. The second kappa shape index (κ2) is 5.82. The molecule has 1 aromatic carbocycles. The predicted octanol–water partition coefficient (Wildman–Crippen LogP) is 0.753. The molecule has 7 nitrogen and oxygen atoms in total. The largest absolute Gasteiger partial charge is 0.505 e. The van der Waals surface area contributed by atoms with Crippen LogP contribution < -0.4 is 5.73 Å². The number of benzene rings is 1. The molecule has 0 aromatic heterocycles. The number of phenolic OH excluding ortho intramolecular Hbond substituents is 1. The van der Waals surface area contributed by atoms with Crippen molar-refractivity contribution in [2.45, 2.75) is 31.8 Å². The van der Waals surface area contributed by atoms with Crippen LogP contribution in [-0.2, 0) is 16.1 Å². The van der Waals surface area contributed by atoms with Crippen LogP contribution in [0.25, 0.3) is 0 Å². The molecular weight excluding hydrogens is 276 g/mol. The van der Waals surface area contributed by atoms with Gasteiger partial charge in [0.25, 0.3) is 5.91 Å². The zero-order valence-corrected chi connectivity index (χ0v) is 11.3. The third-order valence-corrected chi connectivity index (χ3v) is 3.63. The minimum absolute atomic E-state index is 0.0588. The number of anilines is 1. The highest BCUT2D eigenvalue weighted by molar-refractivity contribution is 6.00. The number of carboxylic acids is 1. The number of nitrogens with zero attached hydrogens (tertiary/aromatic N) is 1. The molecule has 1 aromatic rings. The molecule has 0 fully saturated rings. The van der Waals surface area contributed by atoms with Gasteiger partial charge >= 0.3 is 5.97 Å². The summed E-state index contributed by atoms with van der Waals surface area (Å²) in [6.45, 7) is 0.128. The predicted molar refractivity (Wildman–Crippen MR) is 73.7 cm³/mol. The minimum Gasteiger partial charge on any atom is -0.505 e. The topological polar surface area (TPSA) is 121 Å². The number of carboxylic acid groups (broad SMARTS) is 1. The molecule has 4 N–H and O–H groups in total. The second-order valence-corrected chi connectivity index (χ2v) is 4.95. The maximum atomic E-state index is 12.3. The lowest BCUT2D eigenvalue weighted by Crippen LogP contribution is -2.36. The number of amides is 1. The number of hydrogen-bond donors (Lipinski definition) is 3. The van der Waals surface area contributed by atoms with E-state index in [1.807, 2.05) is 0 Å². The van der Waals surface area contributed by atoms with E-state index < -0.39 is 12.0 Å². The third-order valence-electron chi connectivity index (χ3n) is 3.63. The molecule has 0 saturated carbocycles. The van der Waals surface area contributed by atoms with Crippen LogP contribution in [0, 0.1) is 0 Å². The van der Waals surface area contributed by atoms with Gasteiger partial charge < -0.3 is 25.6 Å². The lowest BCUT2D eigenvalue weighted by molar-refractivity contribution is -0.137. The molecule has 0 saturated heterocycles. The van der Waals surface area contributed by atoms with Gasteiger partial charge in [0.05, 0.1) is 12.2 Å². The minimum atomic E-state index is -0.984. The molecule has 1 amide bonds. The number of carbonyl (C=O) groups excluding carboxylic acids is 2. The average Bonchev–Trinajstić information content (AvgIpc) is 2.77. The fourth-order valence-electron chi connectivity index (χ4n) is 2.51. The maximum Gasteiger partial charge on any atom is 0.303 e. The van der Waals surface area contributed by atoms with E-state index in [2.05, 4.69) is 0 Å². The van der Waals surface area contributed by atoms with Crippen LogP contribution in [0.4, 0.5) is 5.69 Å². The second-order valence-electron chi connectivity index (χ2n) is 4.95. The number of carbonyl (C=O) groups is 3. The van der Waals surface area contributed by atoms with E-state index in [9.17, 15) is 19.5 Å². The van der Waals surface area contributed by atoms with Crippen molar-refractivity contribution in [1.29, 1.82) is 0 Å². The van der Waals surface area contributed by atoms with Crippen LogP contribution in [-0.4, -0.2) is 39.3 Å². The Bertz CT molecular complexity index is 599. The molecule has 1 aliphatic heterocycles. The molecule has 1 unspecified atom stereocenters. The van der Waals surface area contributed by atoms with E-state index in [0.717, 1.165) is 0 Å². The van der Waals surface area contributed by atoms with E-state index in [1.165, 1.54) is 17.0 Å². The number of nitrogens with two attached hydrogens (primary N) is 1. The monoisotopic (exact) mass is 292 g/mol. The summed E-state index contributed by atoms with van der Waals surface area (Å²) >= 11 is 0. The van der Waals surface area contributed by atoms with E-state index in [1.54, 1.807) is 0 Å². The van der Waals surface area contributed by atoms with E-state index in [4.69, 9.17) is 10.8 Å². The van der Waals surface area contributed by atoms with Crippen molar-refractivity contribution in [2.24, 2.45) is 0 Å². The number of aromatic hydroxyl groups is 1. The highest BCUT2D eigenvalue weighted by Gasteiger charge is 2.34. The van der Waals surface area contributed by atoms with Gasteiger partial charge in [-0.05, 0) is 18.6 Å². The lowest BCUT2D eigenvalue weighted by atomic mass is 10.1. The lowest BCUT2D eigenvalue weighted by Gasteiger charge is -2.25. The zero-order valence-electron chi connectivity index (χ0n) is 11.3. The van der Waals surface area contributed by atoms with Gasteiger partial charge in [-0.3, -0.25) is 9.59 Å². The molecule has 1 atom stereocenters. The molecule has 0 aliphatic carbocycles. The van der Waals surface area contributed by atoms with Crippen molar-refractivity contribution in [3.63, 3.8) is 0 Å². The Hall–Kier alpha value is -2.57. The summed E-state index contributed by atoms with van der Waals surface area (Å²) in [5, 5.41) is 18.7. The maximum absolute atomic E-state index is 12.3. The Kier molecular flexibility index (Phi) is 4.11. The first-order valence-corrected chi connectivity index (χ1v) is 6.52.